The van der Waals surface area contributed by atoms with Crippen LogP contribution in [0.15, 0.2) is 29.6 Å². The molecule has 27 heavy (non-hydrogen) atoms. The van der Waals surface area contributed by atoms with Crippen molar-refractivity contribution in [2.75, 3.05) is 5.32 Å². The Morgan fingerprint density at radius 2 is 2.00 bits per heavy atom. The Hall–Kier alpha value is -1.61. The molecule has 1 fully saturated rings. The molecule has 1 amide bonds. The fourth-order valence-corrected chi connectivity index (χ4v) is 4.77. The number of hydrogen-bond donors (Lipinski definition) is 3. The van der Waals surface area contributed by atoms with E-state index in [2.05, 4.69) is 10.3 Å². The summed E-state index contributed by atoms with van der Waals surface area (Å²) in [6.45, 7) is -0.147. The van der Waals surface area contributed by atoms with Gasteiger partial charge < -0.3 is 15.0 Å². The number of nitrogens with zero attached hydrogens (tertiary/aromatic N) is 1. The number of hydrogen-bond acceptors (Lipinski definition) is 5. The maximum atomic E-state index is 13.0. The predicted molar refractivity (Wildman–Crippen MR) is 107 cm³/mol. The highest BCUT2D eigenvalue weighted by atomic mass is 32.2. The van der Waals surface area contributed by atoms with Crippen molar-refractivity contribution in [3.05, 3.63) is 46.5 Å². The second kappa shape index (κ2) is 9.54. The standard InChI is InChI=1S/C19H24N2O4S2/c22-10-16-11-26-19(20-16)21-18(23)17(9-13-3-1-2-4-13)15-7-5-14(6-8-15)12-27(24)25/h5-8,11,13,17,22H,1-4,9-10,12H2,(H,24,25)(H,20,21,23). The number of thiazole rings is 1. The number of nitrogens with one attached hydrogen (secondary N) is 1. The highest BCUT2D eigenvalue weighted by Gasteiger charge is 2.27. The molecule has 1 saturated carbocycles. The van der Waals surface area contributed by atoms with Crippen molar-refractivity contribution in [3.8, 4) is 0 Å². The molecule has 1 aliphatic rings. The quantitative estimate of drug-likeness (QED) is 0.579. The number of aliphatic hydroxyl groups is 1. The summed E-state index contributed by atoms with van der Waals surface area (Å²) in [5.41, 5.74) is 2.22. The van der Waals surface area contributed by atoms with Gasteiger partial charge in [-0.2, -0.15) is 0 Å². The number of anilines is 1. The molecule has 146 valence electrons. The van der Waals surface area contributed by atoms with E-state index in [9.17, 15) is 9.00 Å². The number of benzene rings is 1. The summed E-state index contributed by atoms with van der Waals surface area (Å²) >= 11 is -0.576. The Balaban J connectivity index is 1.76. The van der Waals surface area contributed by atoms with Gasteiger partial charge in [0, 0.05) is 5.38 Å². The van der Waals surface area contributed by atoms with Crippen LogP contribution in [0.5, 0.6) is 0 Å². The molecule has 2 aromatic rings. The topological polar surface area (TPSA) is 99.5 Å². The van der Waals surface area contributed by atoms with Gasteiger partial charge in [-0.15, -0.1) is 11.3 Å². The van der Waals surface area contributed by atoms with E-state index in [0.717, 1.165) is 30.4 Å². The van der Waals surface area contributed by atoms with E-state index in [0.29, 0.717) is 16.7 Å². The second-order valence-electron chi connectivity index (χ2n) is 6.94. The van der Waals surface area contributed by atoms with Crippen LogP contribution in [0.3, 0.4) is 0 Å². The number of carbonyl (C=O) groups is 1. The molecule has 0 saturated heterocycles. The SMILES string of the molecule is O=C(Nc1nc(CO)cs1)C(CC1CCCC1)c1ccc(CS(=O)O)cc1. The average Bonchev–Trinajstić information content (AvgIpc) is 3.31. The van der Waals surface area contributed by atoms with Crippen molar-refractivity contribution >= 4 is 33.5 Å². The lowest BCUT2D eigenvalue weighted by Crippen LogP contribution is -2.23. The molecule has 0 spiro atoms. The van der Waals surface area contributed by atoms with Crippen molar-refractivity contribution in [2.24, 2.45) is 5.92 Å². The van der Waals surface area contributed by atoms with Gasteiger partial charge in [-0.05, 0) is 23.5 Å². The normalized spacial score (nSPS) is 17.0. The Morgan fingerprint density at radius 3 is 2.59 bits per heavy atom. The van der Waals surface area contributed by atoms with Gasteiger partial charge in [-0.3, -0.25) is 4.79 Å². The van der Waals surface area contributed by atoms with Crippen LogP contribution in [0, 0.1) is 5.92 Å². The minimum Gasteiger partial charge on any atom is -0.390 e. The zero-order valence-corrected chi connectivity index (χ0v) is 16.6. The van der Waals surface area contributed by atoms with Crippen LogP contribution in [0.2, 0.25) is 0 Å². The molecule has 2 atom stereocenters. The zero-order valence-electron chi connectivity index (χ0n) is 15.0. The minimum absolute atomic E-state index is 0.0861. The van der Waals surface area contributed by atoms with E-state index >= 15 is 0 Å². The molecular formula is C19H24N2O4S2. The van der Waals surface area contributed by atoms with E-state index in [1.807, 2.05) is 24.3 Å². The highest BCUT2D eigenvalue weighted by Crippen LogP contribution is 2.35. The van der Waals surface area contributed by atoms with E-state index in [4.69, 9.17) is 9.66 Å². The summed E-state index contributed by atoms with van der Waals surface area (Å²) in [6.07, 6.45) is 5.52. The van der Waals surface area contributed by atoms with Crippen LogP contribution in [-0.4, -0.2) is 24.8 Å². The van der Waals surface area contributed by atoms with Crippen LogP contribution < -0.4 is 5.32 Å². The number of carbonyl (C=O) groups excluding carboxylic acids is 1. The Labute approximate surface area is 165 Å². The number of aliphatic hydroxyl groups excluding tert-OH is 1. The van der Waals surface area contributed by atoms with Crippen molar-refractivity contribution in [1.29, 1.82) is 0 Å². The zero-order chi connectivity index (χ0) is 19.2. The van der Waals surface area contributed by atoms with Crippen molar-refractivity contribution in [2.45, 2.75) is 50.4 Å². The molecule has 1 heterocycles. The molecule has 0 bridgehead atoms. The van der Waals surface area contributed by atoms with Gasteiger partial charge >= 0.3 is 0 Å². The maximum absolute atomic E-state index is 13.0. The Morgan fingerprint density at radius 1 is 1.30 bits per heavy atom. The first-order chi connectivity index (χ1) is 13.0. The average molecular weight is 409 g/mol. The smallest absolute Gasteiger partial charge is 0.233 e. The van der Waals surface area contributed by atoms with Gasteiger partial charge in [0.05, 0.1) is 24.0 Å². The molecular weight excluding hydrogens is 384 g/mol. The second-order valence-corrected chi connectivity index (χ2v) is 8.73. The van der Waals surface area contributed by atoms with Gasteiger partial charge in [-0.1, -0.05) is 49.9 Å². The van der Waals surface area contributed by atoms with Gasteiger partial charge in [0.25, 0.3) is 0 Å². The van der Waals surface area contributed by atoms with Crippen LogP contribution >= 0.6 is 11.3 Å². The molecule has 0 aliphatic heterocycles. The Kier molecular flexibility index (Phi) is 7.12. The lowest BCUT2D eigenvalue weighted by atomic mass is 9.87. The van der Waals surface area contributed by atoms with Crippen LogP contribution in [0.1, 0.15) is 54.8 Å². The van der Waals surface area contributed by atoms with E-state index in [1.54, 1.807) is 5.38 Å². The van der Waals surface area contributed by atoms with Crippen molar-refractivity contribution in [1.82, 2.24) is 4.98 Å². The van der Waals surface area contributed by atoms with Gasteiger partial charge in [0.15, 0.2) is 16.2 Å². The lowest BCUT2D eigenvalue weighted by Gasteiger charge is -2.20. The van der Waals surface area contributed by atoms with Crippen LogP contribution in [-0.2, 0) is 28.2 Å². The summed E-state index contributed by atoms with van der Waals surface area (Å²) in [5.74, 6) is 0.236. The van der Waals surface area contributed by atoms with Crippen LogP contribution in [0.4, 0.5) is 5.13 Å². The lowest BCUT2D eigenvalue weighted by molar-refractivity contribution is -0.118. The molecule has 6 nitrogen and oxygen atoms in total. The van der Waals surface area contributed by atoms with Gasteiger partial charge in [-0.25, -0.2) is 9.19 Å². The van der Waals surface area contributed by atoms with Gasteiger partial charge in [0.1, 0.15) is 0 Å². The van der Waals surface area contributed by atoms with Crippen molar-refractivity contribution in [3.63, 3.8) is 0 Å². The van der Waals surface area contributed by atoms with Gasteiger partial charge in [0.2, 0.25) is 5.91 Å². The molecule has 1 aromatic heterocycles. The maximum Gasteiger partial charge on any atom is 0.233 e. The third kappa shape index (κ3) is 5.68. The third-order valence-electron chi connectivity index (χ3n) is 4.98. The number of amides is 1. The molecule has 0 radical (unpaired) electrons. The fourth-order valence-electron chi connectivity index (χ4n) is 3.59. The summed E-state index contributed by atoms with van der Waals surface area (Å²) < 4.78 is 20.0. The summed E-state index contributed by atoms with van der Waals surface area (Å²) in [5, 5.41) is 14.2. The van der Waals surface area contributed by atoms with E-state index in [-0.39, 0.29) is 24.2 Å². The van der Waals surface area contributed by atoms with E-state index in [1.165, 1.54) is 24.2 Å². The molecule has 1 aromatic carbocycles. The highest BCUT2D eigenvalue weighted by molar-refractivity contribution is 7.78. The first-order valence-electron chi connectivity index (χ1n) is 9.07. The summed E-state index contributed by atoms with van der Waals surface area (Å²) in [4.78, 5) is 17.2. The van der Waals surface area contributed by atoms with Crippen LogP contribution in [0.25, 0.3) is 0 Å². The Bertz CT molecular complexity index is 785. The first kappa shape index (κ1) is 20.1. The molecule has 3 rings (SSSR count). The fraction of sp³-hybridized carbons (Fsp3) is 0.474. The molecule has 1 aliphatic carbocycles. The monoisotopic (exact) mass is 408 g/mol. The number of rotatable bonds is 8. The van der Waals surface area contributed by atoms with Crippen molar-refractivity contribution < 1.29 is 18.7 Å². The summed E-state index contributed by atoms with van der Waals surface area (Å²) in [6, 6.07) is 7.38. The first-order valence-corrected chi connectivity index (χ1v) is 11.2. The molecule has 3 N–H and O–H groups in total. The number of aromatic nitrogens is 1. The third-order valence-corrected chi connectivity index (χ3v) is 6.36. The predicted octanol–water partition coefficient (Wildman–Crippen LogP) is 3.66. The molecule has 2 unspecified atom stereocenters. The summed E-state index contributed by atoms with van der Waals surface area (Å²) in [7, 11) is 0. The van der Waals surface area contributed by atoms with E-state index < -0.39 is 11.1 Å². The largest absolute Gasteiger partial charge is 0.390 e. The minimum atomic E-state index is -1.88. The molecule has 8 heteroatoms.